The number of halogens is 3. The number of hydrogen-bond acceptors (Lipinski definition) is 3. The first-order valence-electron chi connectivity index (χ1n) is 6.41. The van der Waals surface area contributed by atoms with E-state index < -0.39 is 17.3 Å². The summed E-state index contributed by atoms with van der Waals surface area (Å²) >= 11 is 0. The molecule has 2 aliphatic heterocycles. The van der Waals surface area contributed by atoms with Crippen LogP contribution in [0.1, 0.15) is 30.4 Å². The molecule has 2 saturated heterocycles. The van der Waals surface area contributed by atoms with E-state index in [2.05, 4.69) is 9.88 Å². The molecule has 2 unspecified atom stereocenters. The maximum Gasteiger partial charge on any atom is 0.416 e. The van der Waals surface area contributed by atoms with Crippen molar-refractivity contribution in [2.24, 2.45) is 0 Å². The lowest BCUT2D eigenvalue weighted by Gasteiger charge is -2.32. The summed E-state index contributed by atoms with van der Waals surface area (Å²) in [6, 6.07) is 0.739. The Bertz CT molecular complexity index is 491. The topological polar surface area (TPSA) is 36.4 Å². The minimum atomic E-state index is -4.46. The number of alkyl halides is 3. The van der Waals surface area contributed by atoms with Gasteiger partial charge in [-0.05, 0) is 31.9 Å². The molecular weight excluding hydrogens is 257 g/mol. The predicted octanol–water partition coefficient (Wildman–Crippen LogP) is 2.16. The van der Waals surface area contributed by atoms with Gasteiger partial charge in [-0.3, -0.25) is 9.88 Å². The minimum absolute atomic E-state index is 0.0723. The first kappa shape index (κ1) is 12.9. The molecule has 3 heterocycles. The van der Waals surface area contributed by atoms with E-state index in [1.54, 1.807) is 0 Å². The van der Waals surface area contributed by atoms with Gasteiger partial charge in [0.15, 0.2) is 0 Å². The lowest BCUT2D eigenvalue weighted by atomic mass is 9.83. The van der Waals surface area contributed by atoms with Gasteiger partial charge in [0.05, 0.1) is 5.56 Å². The van der Waals surface area contributed by atoms with Crippen LogP contribution in [-0.4, -0.2) is 34.1 Å². The second-order valence-corrected chi connectivity index (χ2v) is 5.29. The van der Waals surface area contributed by atoms with Crippen LogP contribution in [0.2, 0.25) is 0 Å². The van der Waals surface area contributed by atoms with Crippen LogP contribution in [0, 0.1) is 0 Å². The van der Waals surface area contributed by atoms with E-state index in [9.17, 15) is 18.3 Å². The average molecular weight is 272 g/mol. The molecule has 0 saturated carbocycles. The number of pyridine rings is 1. The zero-order valence-electron chi connectivity index (χ0n) is 10.3. The molecule has 2 atom stereocenters. The average Bonchev–Trinajstić information content (AvgIpc) is 2.94. The number of aromatic nitrogens is 1. The third kappa shape index (κ3) is 1.94. The Morgan fingerprint density at radius 3 is 2.89 bits per heavy atom. The molecule has 3 nitrogen and oxygen atoms in total. The SMILES string of the molecule is OC1(c2cnccc2C(F)(F)F)CCN2CCCC21. The highest BCUT2D eigenvalue weighted by molar-refractivity contribution is 5.34. The van der Waals surface area contributed by atoms with Crippen LogP contribution in [0.15, 0.2) is 18.5 Å². The first-order chi connectivity index (χ1) is 8.93. The van der Waals surface area contributed by atoms with Crippen molar-refractivity contribution in [2.45, 2.75) is 37.1 Å². The fourth-order valence-electron chi connectivity index (χ4n) is 3.42. The van der Waals surface area contributed by atoms with Gasteiger partial charge in [-0.25, -0.2) is 0 Å². The molecule has 3 rings (SSSR count). The maximum absolute atomic E-state index is 13.1. The third-order valence-corrected chi connectivity index (χ3v) is 4.29. The fraction of sp³-hybridized carbons (Fsp3) is 0.615. The van der Waals surface area contributed by atoms with E-state index in [4.69, 9.17) is 0 Å². The van der Waals surface area contributed by atoms with Crippen molar-refractivity contribution in [3.05, 3.63) is 29.6 Å². The number of hydrogen-bond donors (Lipinski definition) is 1. The van der Waals surface area contributed by atoms with Crippen LogP contribution in [0.3, 0.4) is 0 Å². The molecule has 0 spiro atoms. The normalized spacial score (nSPS) is 31.7. The summed E-state index contributed by atoms with van der Waals surface area (Å²) in [5.74, 6) is 0. The zero-order chi connectivity index (χ0) is 13.7. The number of aliphatic hydroxyl groups is 1. The van der Waals surface area contributed by atoms with E-state index in [-0.39, 0.29) is 11.6 Å². The maximum atomic E-state index is 13.1. The highest BCUT2D eigenvalue weighted by Gasteiger charge is 2.52. The third-order valence-electron chi connectivity index (χ3n) is 4.29. The molecular formula is C13H15F3N2O. The van der Waals surface area contributed by atoms with Gasteiger partial charge in [-0.2, -0.15) is 13.2 Å². The summed E-state index contributed by atoms with van der Waals surface area (Å²) in [5, 5.41) is 10.8. The molecule has 0 radical (unpaired) electrons. The molecule has 2 fully saturated rings. The second-order valence-electron chi connectivity index (χ2n) is 5.29. The number of nitrogens with zero attached hydrogens (tertiary/aromatic N) is 2. The Kier molecular flexibility index (Phi) is 2.83. The van der Waals surface area contributed by atoms with Crippen molar-refractivity contribution in [1.82, 2.24) is 9.88 Å². The second kappa shape index (κ2) is 4.18. The molecule has 0 aliphatic carbocycles. The Labute approximate surface area is 109 Å². The van der Waals surface area contributed by atoms with E-state index in [1.807, 2.05) is 0 Å². The van der Waals surface area contributed by atoms with Crippen LogP contribution >= 0.6 is 0 Å². The standard InChI is InChI=1S/C13H15F3N2O/c14-13(15,16)9-3-5-17-8-10(9)12(19)4-7-18-6-1-2-11(12)18/h3,5,8,11,19H,1-2,4,6-7H2. The van der Waals surface area contributed by atoms with Crippen molar-refractivity contribution in [3.8, 4) is 0 Å². The molecule has 1 aromatic rings. The number of rotatable bonds is 1. The molecule has 1 N–H and O–H groups in total. The van der Waals surface area contributed by atoms with Crippen LogP contribution in [0.4, 0.5) is 13.2 Å². The monoisotopic (exact) mass is 272 g/mol. The van der Waals surface area contributed by atoms with Gasteiger partial charge in [-0.1, -0.05) is 0 Å². The summed E-state index contributed by atoms with van der Waals surface area (Å²) < 4.78 is 39.2. The van der Waals surface area contributed by atoms with Crippen LogP contribution < -0.4 is 0 Å². The highest BCUT2D eigenvalue weighted by Crippen LogP contribution is 2.46. The van der Waals surface area contributed by atoms with Crippen molar-refractivity contribution in [1.29, 1.82) is 0 Å². The number of fused-ring (bicyclic) bond motifs is 1. The predicted molar refractivity (Wildman–Crippen MR) is 62.3 cm³/mol. The quantitative estimate of drug-likeness (QED) is 0.851. The molecule has 0 bridgehead atoms. The fourth-order valence-corrected chi connectivity index (χ4v) is 3.42. The van der Waals surface area contributed by atoms with Gasteiger partial charge >= 0.3 is 6.18 Å². The van der Waals surface area contributed by atoms with Crippen LogP contribution in [0.5, 0.6) is 0 Å². The summed E-state index contributed by atoms with van der Waals surface area (Å²) in [4.78, 5) is 5.86. The summed E-state index contributed by atoms with van der Waals surface area (Å²) in [6.07, 6.45) is -0.161. The van der Waals surface area contributed by atoms with E-state index in [1.165, 1.54) is 6.20 Å². The lowest BCUT2D eigenvalue weighted by Crippen LogP contribution is -2.40. The summed E-state index contributed by atoms with van der Waals surface area (Å²) in [7, 11) is 0. The summed E-state index contributed by atoms with van der Waals surface area (Å²) in [6.45, 7) is 1.50. The zero-order valence-corrected chi connectivity index (χ0v) is 10.3. The molecule has 0 aromatic carbocycles. The van der Waals surface area contributed by atoms with Crippen molar-refractivity contribution in [2.75, 3.05) is 13.1 Å². The van der Waals surface area contributed by atoms with Gasteiger partial charge < -0.3 is 5.11 Å². The van der Waals surface area contributed by atoms with Crippen molar-refractivity contribution < 1.29 is 18.3 Å². The highest BCUT2D eigenvalue weighted by atomic mass is 19.4. The van der Waals surface area contributed by atoms with Gasteiger partial charge in [-0.15, -0.1) is 0 Å². The van der Waals surface area contributed by atoms with Gasteiger partial charge in [0.25, 0.3) is 0 Å². The van der Waals surface area contributed by atoms with E-state index in [0.29, 0.717) is 13.0 Å². The molecule has 6 heteroatoms. The van der Waals surface area contributed by atoms with Gasteiger partial charge in [0.1, 0.15) is 5.60 Å². The molecule has 2 aliphatic rings. The van der Waals surface area contributed by atoms with Crippen LogP contribution in [0.25, 0.3) is 0 Å². The molecule has 19 heavy (non-hydrogen) atoms. The molecule has 0 amide bonds. The van der Waals surface area contributed by atoms with Crippen molar-refractivity contribution in [3.63, 3.8) is 0 Å². The van der Waals surface area contributed by atoms with Gasteiger partial charge in [0, 0.05) is 30.5 Å². The molecule has 104 valence electrons. The van der Waals surface area contributed by atoms with E-state index in [0.717, 1.165) is 31.6 Å². The lowest BCUT2D eigenvalue weighted by molar-refractivity contribution is -0.141. The van der Waals surface area contributed by atoms with Crippen LogP contribution in [-0.2, 0) is 11.8 Å². The van der Waals surface area contributed by atoms with Gasteiger partial charge in [0.2, 0.25) is 0 Å². The Hall–Kier alpha value is -1.14. The smallest absolute Gasteiger partial charge is 0.383 e. The first-order valence-corrected chi connectivity index (χ1v) is 6.41. The van der Waals surface area contributed by atoms with Crippen molar-refractivity contribution >= 4 is 0 Å². The Morgan fingerprint density at radius 1 is 1.37 bits per heavy atom. The summed E-state index contributed by atoms with van der Waals surface area (Å²) in [5.41, 5.74) is -2.26. The Balaban J connectivity index is 2.07. The largest absolute Gasteiger partial charge is 0.416 e. The minimum Gasteiger partial charge on any atom is -0.383 e. The molecule has 1 aromatic heterocycles. The Morgan fingerprint density at radius 2 is 2.16 bits per heavy atom. The van der Waals surface area contributed by atoms with E-state index >= 15 is 0 Å².